The SMILES string of the molecule is c1cc(-c2ccon2)cc(-n2cnc3cc(C4OCCO4)ccc32)c1. The molecule has 1 aliphatic rings. The van der Waals surface area contributed by atoms with Gasteiger partial charge in [-0.15, -0.1) is 0 Å². The van der Waals surface area contributed by atoms with E-state index in [0.717, 1.165) is 33.5 Å². The first-order valence-corrected chi connectivity index (χ1v) is 8.10. The van der Waals surface area contributed by atoms with Crippen molar-refractivity contribution in [3.05, 3.63) is 66.7 Å². The van der Waals surface area contributed by atoms with Gasteiger partial charge in [0, 0.05) is 22.9 Å². The van der Waals surface area contributed by atoms with Gasteiger partial charge in [0.25, 0.3) is 0 Å². The van der Waals surface area contributed by atoms with Crippen LogP contribution >= 0.6 is 0 Å². The Labute approximate surface area is 143 Å². The van der Waals surface area contributed by atoms with Crippen molar-refractivity contribution in [2.45, 2.75) is 6.29 Å². The van der Waals surface area contributed by atoms with E-state index in [1.54, 1.807) is 6.26 Å². The van der Waals surface area contributed by atoms with Crippen molar-refractivity contribution in [1.29, 1.82) is 0 Å². The third kappa shape index (κ3) is 2.52. The summed E-state index contributed by atoms with van der Waals surface area (Å²) in [7, 11) is 0. The monoisotopic (exact) mass is 333 g/mol. The fourth-order valence-corrected chi connectivity index (χ4v) is 3.11. The molecule has 0 spiro atoms. The van der Waals surface area contributed by atoms with Crippen LogP contribution in [0.25, 0.3) is 28.0 Å². The van der Waals surface area contributed by atoms with E-state index in [2.05, 4.69) is 20.8 Å². The van der Waals surface area contributed by atoms with Crippen molar-refractivity contribution < 1.29 is 14.0 Å². The molecule has 1 aliphatic heterocycles. The van der Waals surface area contributed by atoms with Crippen LogP contribution in [0.4, 0.5) is 0 Å². The first-order valence-electron chi connectivity index (χ1n) is 8.10. The standard InChI is InChI=1S/C19H15N3O3/c1-2-13(16-6-7-25-21-16)10-15(3-1)22-12-20-17-11-14(4-5-18(17)22)19-23-8-9-24-19/h1-7,10-12,19H,8-9H2. The number of imidazole rings is 1. The molecule has 2 aromatic heterocycles. The van der Waals surface area contributed by atoms with E-state index < -0.39 is 0 Å². The summed E-state index contributed by atoms with van der Waals surface area (Å²) in [6.07, 6.45) is 3.11. The van der Waals surface area contributed by atoms with Gasteiger partial charge in [0.05, 0.1) is 24.2 Å². The second-order valence-electron chi connectivity index (χ2n) is 5.87. The van der Waals surface area contributed by atoms with Gasteiger partial charge in [-0.3, -0.25) is 4.57 Å². The van der Waals surface area contributed by atoms with Crippen molar-refractivity contribution in [3.63, 3.8) is 0 Å². The molecule has 0 amide bonds. The maximum Gasteiger partial charge on any atom is 0.184 e. The molecule has 1 fully saturated rings. The predicted molar refractivity (Wildman–Crippen MR) is 91.2 cm³/mol. The first-order chi connectivity index (χ1) is 12.4. The lowest BCUT2D eigenvalue weighted by molar-refractivity contribution is -0.0440. The molecule has 6 nitrogen and oxygen atoms in total. The van der Waals surface area contributed by atoms with E-state index >= 15 is 0 Å². The molecule has 0 unspecified atom stereocenters. The zero-order valence-electron chi connectivity index (χ0n) is 13.3. The van der Waals surface area contributed by atoms with Crippen molar-refractivity contribution in [2.24, 2.45) is 0 Å². The minimum absolute atomic E-state index is 0.287. The molecular weight excluding hydrogens is 318 g/mol. The minimum Gasteiger partial charge on any atom is -0.364 e. The lowest BCUT2D eigenvalue weighted by Crippen LogP contribution is -1.98. The molecule has 0 radical (unpaired) electrons. The van der Waals surface area contributed by atoms with Gasteiger partial charge < -0.3 is 14.0 Å². The zero-order valence-corrected chi connectivity index (χ0v) is 13.3. The molecule has 0 bridgehead atoms. The first kappa shape index (κ1) is 14.4. The highest BCUT2D eigenvalue weighted by molar-refractivity contribution is 5.78. The number of rotatable bonds is 3. The Balaban J connectivity index is 1.56. The van der Waals surface area contributed by atoms with Gasteiger partial charge in [-0.1, -0.05) is 23.4 Å². The van der Waals surface area contributed by atoms with Crippen LogP contribution in [0.15, 0.2) is 65.6 Å². The zero-order chi connectivity index (χ0) is 16.6. The fourth-order valence-electron chi connectivity index (χ4n) is 3.11. The van der Waals surface area contributed by atoms with E-state index in [1.807, 2.05) is 48.8 Å². The minimum atomic E-state index is -0.287. The lowest BCUT2D eigenvalue weighted by Gasteiger charge is -2.10. The van der Waals surface area contributed by atoms with Gasteiger partial charge in [0.1, 0.15) is 18.3 Å². The largest absolute Gasteiger partial charge is 0.364 e. The molecule has 0 atom stereocenters. The number of hydrogen-bond acceptors (Lipinski definition) is 5. The number of benzene rings is 2. The number of aromatic nitrogens is 3. The second kappa shape index (κ2) is 5.84. The summed E-state index contributed by atoms with van der Waals surface area (Å²) in [5, 5.41) is 4.00. The Bertz CT molecular complexity index is 1020. The molecule has 4 aromatic rings. The van der Waals surface area contributed by atoms with Crippen LogP contribution in [-0.2, 0) is 9.47 Å². The molecule has 2 aromatic carbocycles. The van der Waals surface area contributed by atoms with E-state index in [0.29, 0.717) is 13.2 Å². The van der Waals surface area contributed by atoms with Gasteiger partial charge in [-0.2, -0.15) is 0 Å². The van der Waals surface area contributed by atoms with Gasteiger partial charge in [-0.25, -0.2) is 4.98 Å². The maximum atomic E-state index is 5.56. The number of hydrogen-bond donors (Lipinski definition) is 0. The van der Waals surface area contributed by atoms with Crippen molar-refractivity contribution >= 4 is 11.0 Å². The van der Waals surface area contributed by atoms with Crippen LogP contribution in [0.5, 0.6) is 0 Å². The maximum absolute atomic E-state index is 5.56. The average molecular weight is 333 g/mol. The molecule has 25 heavy (non-hydrogen) atoms. The third-order valence-electron chi connectivity index (χ3n) is 4.32. The molecule has 5 rings (SSSR count). The second-order valence-corrected chi connectivity index (χ2v) is 5.87. The Hall–Kier alpha value is -2.96. The summed E-state index contributed by atoms with van der Waals surface area (Å²) in [4.78, 5) is 4.54. The molecular formula is C19H15N3O3. The highest BCUT2D eigenvalue weighted by atomic mass is 16.7. The van der Waals surface area contributed by atoms with E-state index in [9.17, 15) is 0 Å². The van der Waals surface area contributed by atoms with Crippen LogP contribution in [0.3, 0.4) is 0 Å². The van der Waals surface area contributed by atoms with Crippen LogP contribution in [0, 0.1) is 0 Å². The quantitative estimate of drug-likeness (QED) is 0.572. The number of nitrogens with zero attached hydrogens (tertiary/aromatic N) is 3. The predicted octanol–water partition coefficient (Wildman–Crippen LogP) is 3.73. The van der Waals surface area contributed by atoms with E-state index in [1.165, 1.54) is 0 Å². The Morgan fingerprint density at radius 1 is 1.00 bits per heavy atom. The molecule has 1 saturated heterocycles. The van der Waals surface area contributed by atoms with Gasteiger partial charge in [-0.05, 0) is 24.3 Å². The average Bonchev–Trinajstić information content (AvgIpc) is 3.42. The van der Waals surface area contributed by atoms with Gasteiger partial charge in [0.15, 0.2) is 6.29 Å². The summed E-state index contributed by atoms with van der Waals surface area (Å²) in [5.41, 5.74) is 5.75. The number of fused-ring (bicyclic) bond motifs is 1. The Kier molecular flexibility index (Phi) is 3.36. The molecule has 124 valence electrons. The Morgan fingerprint density at radius 2 is 1.92 bits per heavy atom. The van der Waals surface area contributed by atoms with Crippen LogP contribution in [0.1, 0.15) is 11.9 Å². The van der Waals surface area contributed by atoms with E-state index in [-0.39, 0.29) is 6.29 Å². The van der Waals surface area contributed by atoms with Gasteiger partial charge in [0.2, 0.25) is 0 Å². The molecule has 0 aliphatic carbocycles. The number of ether oxygens (including phenoxy) is 2. The summed E-state index contributed by atoms with van der Waals surface area (Å²) < 4.78 is 18.1. The fraction of sp³-hybridized carbons (Fsp3) is 0.158. The molecule has 6 heteroatoms. The third-order valence-corrected chi connectivity index (χ3v) is 4.32. The molecule has 0 N–H and O–H groups in total. The topological polar surface area (TPSA) is 62.3 Å². The molecule has 0 saturated carbocycles. The normalized spacial score (nSPS) is 15.2. The highest BCUT2D eigenvalue weighted by Crippen LogP contribution is 2.28. The lowest BCUT2D eigenvalue weighted by atomic mass is 10.1. The highest BCUT2D eigenvalue weighted by Gasteiger charge is 2.19. The van der Waals surface area contributed by atoms with Crippen LogP contribution in [0.2, 0.25) is 0 Å². The molecule has 3 heterocycles. The summed E-state index contributed by atoms with van der Waals surface area (Å²) in [6, 6.07) is 16.1. The van der Waals surface area contributed by atoms with Crippen molar-refractivity contribution in [3.8, 4) is 16.9 Å². The van der Waals surface area contributed by atoms with E-state index in [4.69, 9.17) is 14.0 Å². The summed E-state index contributed by atoms with van der Waals surface area (Å²) >= 11 is 0. The van der Waals surface area contributed by atoms with Gasteiger partial charge >= 0.3 is 0 Å². The van der Waals surface area contributed by atoms with Crippen LogP contribution in [-0.4, -0.2) is 27.9 Å². The smallest absolute Gasteiger partial charge is 0.184 e. The van der Waals surface area contributed by atoms with Crippen molar-refractivity contribution in [2.75, 3.05) is 13.2 Å². The summed E-state index contributed by atoms with van der Waals surface area (Å²) in [5.74, 6) is 0. The van der Waals surface area contributed by atoms with Crippen molar-refractivity contribution in [1.82, 2.24) is 14.7 Å². The Morgan fingerprint density at radius 3 is 2.76 bits per heavy atom. The summed E-state index contributed by atoms with van der Waals surface area (Å²) in [6.45, 7) is 1.26. The van der Waals surface area contributed by atoms with Crippen LogP contribution < -0.4 is 0 Å².